The van der Waals surface area contributed by atoms with Gasteiger partial charge in [-0.3, -0.25) is 9.59 Å². The first-order valence-corrected chi connectivity index (χ1v) is 10.3. The predicted octanol–water partition coefficient (Wildman–Crippen LogP) is 4.81. The van der Waals surface area contributed by atoms with Crippen LogP contribution in [0.1, 0.15) is 43.5 Å². The van der Waals surface area contributed by atoms with Gasteiger partial charge in [0.2, 0.25) is 11.8 Å². The van der Waals surface area contributed by atoms with Gasteiger partial charge >= 0.3 is 0 Å². The maximum atomic E-state index is 12.7. The lowest BCUT2D eigenvalue weighted by atomic mass is 10.0. The van der Waals surface area contributed by atoms with E-state index in [0.717, 1.165) is 28.0 Å². The molecule has 0 radical (unpaired) electrons. The molecule has 0 aliphatic heterocycles. The smallest absolute Gasteiger partial charge is 0.222 e. The highest BCUT2D eigenvalue weighted by Gasteiger charge is 2.19. The fourth-order valence-corrected chi connectivity index (χ4v) is 3.50. The Morgan fingerprint density at radius 2 is 1.39 bits per heavy atom. The lowest BCUT2D eigenvalue weighted by molar-refractivity contribution is -0.123. The lowest BCUT2D eigenvalue weighted by Gasteiger charge is -2.20. The first kappa shape index (κ1) is 22.1. The second kappa shape index (κ2) is 10.4. The van der Waals surface area contributed by atoms with Gasteiger partial charge in [-0.1, -0.05) is 66.7 Å². The van der Waals surface area contributed by atoms with Crippen LogP contribution in [0.4, 0.5) is 0 Å². The zero-order chi connectivity index (χ0) is 22.2. The summed E-state index contributed by atoms with van der Waals surface area (Å²) in [6.07, 6.45) is 0.151. The number of nitrogens with one attached hydrogen (secondary N) is 2. The molecule has 0 aliphatic rings. The summed E-state index contributed by atoms with van der Waals surface area (Å²) in [5.74, 6) is 0.412. The summed E-state index contributed by atoms with van der Waals surface area (Å²) in [7, 11) is 1.60. The van der Waals surface area contributed by atoms with Gasteiger partial charge in [-0.2, -0.15) is 0 Å². The number of amides is 2. The highest BCUT2D eigenvalue weighted by atomic mass is 16.5. The van der Waals surface area contributed by atoms with Crippen LogP contribution in [0.3, 0.4) is 0 Å². The summed E-state index contributed by atoms with van der Waals surface area (Å²) in [4.78, 5) is 24.4. The van der Waals surface area contributed by atoms with Crippen LogP contribution in [0.15, 0.2) is 78.9 Å². The van der Waals surface area contributed by atoms with E-state index in [-0.39, 0.29) is 24.3 Å². The van der Waals surface area contributed by atoms with Gasteiger partial charge in [0, 0.05) is 6.92 Å². The van der Waals surface area contributed by atoms with Crippen molar-refractivity contribution in [1.29, 1.82) is 0 Å². The number of ether oxygens (including phenoxy) is 1. The van der Waals surface area contributed by atoms with E-state index in [1.54, 1.807) is 7.11 Å². The van der Waals surface area contributed by atoms with Gasteiger partial charge in [0.15, 0.2) is 0 Å². The van der Waals surface area contributed by atoms with Gasteiger partial charge in [-0.05, 0) is 41.3 Å². The van der Waals surface area contributed by atoms with E-state index in [0.29, 0.717) is 0 Å². The third kappa shape index (κ3) is 6.19. The first-order chi connectivity index (χ1) is 15.0. The minimum atomic E-state index is -0.406. The minimum Gasteiger partial charge on any atom is -0.497 e. The van der Waals surface area contributed by atoms with Gasteiger partial charge < -0.3 is 15.4 Å². The molecule has 3 aromatic rings. The topological polar surface area (TPSA) is 67.4 Å². The van der Waals surface area contributed by atoms with Crippen LogP contribution in [0, 0.1) is 0 Å². The van der Waals surface area contributed by atoms with E-state index in [1.165, 1.54) is 6.92 Å². The Morgan fingerprint density at radius 3 is 1.97 bits per heavy atom. The Morgan fingerprint density at radius 1 is 0.806 bits per heavy atom. The largest absolute Gasteiger partial charge is 0.497 e. The highest BCUT2D eigenvalue weighted by molar-refractivity contribution is 5.79. The zero-order valence-electron chi connectivity index (χ0n) is 18.1. The number of carbonyl (C=O) groups is 2. The number of benzene rings is 3. The van der Waals surface area contributed by atoms with E-state index < -0.39 is 6.04 Å². The summed E-state index contributed by atoms with van der Waals surface area (Å²) in [5, 5.41) is 5.90. The lowest BCUT2D eigenvalue weighted by Crippen LogP contribution is -2.33. The van der Waals surface area contributed by atoms with Crippen molar-refractivity contribution in [3.05, 3.63) is 90.0 Å². The van der Waals surface area contributed by atoms with Crippen LogP contribution < -0.4 is 15.4 Å². The average molecular weight is 417 g/mol. The fourth-order valence-electron chi connectivity index (χ4n) is 3.50. The normalized spacial score (nSPS) is 12.5. The van der Waals surface area contributed by atoms with Crippen LogP contribution in [-0.2, 0) is 9.59 Å². The average Bonchev–Trinajstić information content (AvgIpc) is 2.79. The minimum absolute atomic E-state index is 0.130. The molecule has 0 saturated carbocycles. The van der Waals surface area contributed by atoms with E-state index >= 15 is 0 Å². The molecular formula is C26H28N2O3. The van der Waals surface area contributed by atoms with Gasteiger partial charge in [0.25, 0.3) is 0 Å². The molecule has 5 heteroatoms. The molecule has 2 atom stereocenters. The van der Waals surface area contributed by atoms with Crippen molar-refractivity contribution in [2.45, 2.75) is 32.4 Å². The molecule has 2 amide bonds. The van der Waals surface area contributed by atoms with E-state index in [9.17, 15) is 9.59 Å². The van der Waals surface area contributed by atoms with Crippen molar-refractivity contribution in [2.24, 2.45) is 0 Å². The molecule has 0 unspecified atom stereocenters. The van der Waals surface area contributed by atoms with Gasteiger partial charge in [-0.15, -0.1) is 0 Å². The quantitative estimate of drug-likeness (QED) is 0.554. The number of rotatable bonds is 8. The van der Waals surface area contributed by atoms with Crippen molar-refractivity contribution < 1.29 is 14.3 Å². The standard InChI is InChI=1S/C26H28N2O3/c1-18(20-9-11-22(12-10-20)21-7-5-4-6-8-21)27-26(30)17-25(28-19(2)29)23-13-15-24(31-3)16-14-23/h4-16,18,25H,17H2,1-3H3,(H,27,30)(H,28,29)/t18-,25+/m0/s1. The van der Waals surface area contributed by atoms with Crippen molar-refractivity contribution in [3.8, 4) is 16.9 Å². The number of carbonyl (C=O) groups excluding carboxylic acids is 2. The van der Waals surface area contributed by atoms with Crippen molar-refractivity contribution in [2.75, 3.05) is 7.11 Å². The fraction of sp³-hybridized carbons (Fsp3) is 0.231. The molecule has 5 nitrogen and oxygen atoms in total. The second-order valence-electron chi connectivity index (χ2n) is 7.51. The summed E-state index contributed by atoms with van der Waals surface area (Å²) in [6.45, 7) is 3.40. The molecule has 0 fully saturated rings. The van der Waals surface area contributed by atoms with Crippen LogP contribution in [0.25, 0.3) is 11.1 Å². The molecule has 2 N–H and O–H groups in total. The van der Waals surface area contributed by atoms with Crippen molar-refractivity contribution in [3.63, 3.8) is 0 Å². The highest BCUT2D eigenvalue weighted by Crippen LogP contribution is 2.23. The van der Waals surface area contributed by atoms with Crippen LogP contribution in [-0.4, -0.2) is 18.9 Å². The van der Waals surface area contributed by atoms with Crippen LogP contribution >= 0.6 is 0 Å². The third-order valence-electron chi connectivity index (χ3n) is 5.18. The molecule has 0 heterocycles. The summed E-state index contributed by atoms with van der Waals surface area (Å²) in [6, 6.07) is 25.1. The van der Waals surface area contributed by atoms with E-state index in [1.807, 2.05) is 61.5 Å². The van der Waals surface area contributed by atoms with Gasteiger partial charge in [0.1, 0.15) is 5.75 Å². The second-order valence-corrected chi connectivity index (χ2v) is 7.51. The van der Waals surface area contributed by atoms with Crippen LogP contribution in [0.5, 0.6) is 5.75 Å². The summed E-state index contributed by atoms with van der Waals surface area (Å²) < 4.78 is 5.18. The van der Waals surface area contributed by atoms with Gasteiger partial charge in [0.05, 0.1) is 25.6 Å². The monoisotopic (exact) mass is 416 g/mol. The molecular weight excluding hydrogens is 388 g/mol. The number of hydrogen-bond donors (Lipinski definition) is 2. The third-order valence-corrected chi connectivity index (χ3v) is 5.18. The maximum absolute atomic E-state index is 12.7. The van der Waals surface area contributed by atoms with E-state index in [2.05, 4.69) is 34.9 Å². The first-order valence-electron chi connectivity index (χ1n) is 10.3. The Labute approximate surface area is 183 Å². The SMILES string of the molecule is COc1ccc([C@@H](CC(=O)N[C@@H](C)c2ccc(-c3ccccc3)cc2)NC(C)=O)cc1. The molecule has 0 bridgehead atoms. The maximum Gasteiger partial charge on any atom is 0.222 e. The molecule has 3 rings (SSSR count). The molecule has 31 heavy (non-hydrogen) atoms. The number of hydrogen-bond acceptors (Lipinski definition) is 3. The molecule has 160 valence electrons. The van der Waals surface area contributed by atoms with E-state index in [4.69, 9.17) is 4.74 Å². The molecule has 0 spiro atoms. The Hall–Kier alpha value is -3.60. The summed E-state index contributed by atoms with van der Waals surface area (Å²) >= 11 is 0. The van der Waals surface area contributed by atoms with Crippen molar-refractivity contribution in [1.82, 2.24) is 10.6 Å². The summed E-state index contributed by atoms with van der Waals surface area (Å²) in [5.41, 5.74) is 4.16. The number of methoxy groups -OCH3 is 1. The predicted molar refractivity (Wildman–Crippen MR) is 123 cm³/mol. The molecule has 0 aromatic heterocycles. The Balaban J connectivity index is 1.64. The van der Waals surface area contributed by atoms with Crippen molar-refractivity contribution >= 4 is 11.8 Å². The molecule has 0 saturated heterocycles. The van der Waals surface area contributed by atoms with Gasteiger partial charge in [-0.25, -0.2) is 0 Å². The molecule has 3 aromatic carbocycles. The Bertz CT molecular complexity index is 999. The van der Waals surface area contributed by atoms with Crippen LogP contribution in [0.2, 0.25) is 0 Å². The molecule has 0 aliphatic carbocycles. The Kier molecular flexibility index (Phi) is 7.44. The zero-order valence-corrected chi connectivity index (χ0v) is 18.1.